The lowest BCUT2D eigenvalue weighted by molar-refractivity contribution is 0.298. The first-order valence-corrected chi connectivity index (χ1v) is 6.03. The summed E-state index contributed by atoms with van der Waals surface area (Å²) in [6, 6.07) is 10.0. The summed E-state index contributed by atoms with van der Waals surface area (Å²) in [4.78, 5) is 4.32. The molecule has 0 fully saturated rings. The van der Waals surface area contributed by atoms with Crippen LogP contribution in [-0.2, 0) is 13.2 Å². The number of nitrogens with zero attached hydrogens (tertiary/aromatic N) is 1. The van der Waals surface area contributed by atoms with Crippen molar-refractivity contribution in [2.24, 2.45) is 5.73 Å². The molecule has 1 aromatic carbocycles. The molecule has 18 heavy (non-hydrogen) atoms. The lowest BCUT2D eigenvalue weighted by Crippen LogP contribution is -2.03. The maximum Gasteiger partial charge on any atom is 0.130 e. The zero-order chi connectivity index (χ0) is 13.0. The Labute approximate surface area is 108 Å². The van der Waals surface area contributed by atoms with Crippen LogP contribution in [0.3, 0.4) is 0 Å². The summed E-state index contributed by atoms with van der Waals surface area (Å²) in [6.45, 7) is 5.08. The second-order valence-corrected chi connectivity index (χ2v) is 4.36. The second-order valence-electron chi connectivity index (χ2n) is 4.36. The largest absolute Gasteiger partial charge is 0.487 e. The van der Waals surface area contributed by atoms with Crippen molar-refractivity contribution in [3.63, 3.8) is 0 Å². The number of ether oxygens (including phenoxy) is 1. The smallest absolute Gasteiger partial charge is 0.130 e. The van der Waals surface area contributed by atoms with Gasteiger partial charge >= 0.3 is 0 Å². The van der Waals surface area contributed by atoms with Crippen molar-refractivity contribution in [3.8, 4) is 5.75 Å². The molecule has 0 spiro atoms. The van der Waals surface area contributed by atoms with E-state index in [2.05, 4.69) is 4.98 Å². The highest BCUT2D eigenvalue weighted by atomic mass is 16.5. The Kier molecular flexibility index (Phi) is 3.95. The fourth-order valence-electron chi connectivity index (χ4n) is 1.74. The van der Waals surface area contributed by atoms with Gasteiger partial charge in [-0.05, 0) is 42.7 Å². The molecule has 2 aromatic rings. The monoisotopic (exact) mass is 242 g/mol. The number of benzene rings is 1. The Morgan fingerprint density at radius 1 is 1.17 bits per heavy atom. The molecule has 0 aliphatic carbocycles. The highest BCUT2D eigenvalue weighted by Gasteiger charge is 2.04. The molecule has 0 bridgehead atoms. The van der Waals surface area contributed by atoms with E-state index in [-0.39, 0.29) is 0 Å². The summed E-state index contributed by atoms with van der Waals surface area (Å²) >= 11 is 0. The molecule has 0 atom stereocenters. The lowest BCUT2D eigenvalue weighted by atomic mass is 10.1. The van der Waals surface area contributed by atoms with Gasteiger partial charge in [0.15, 0.2) is 0 Å². The predicted octanol–water partition coefficient (Wildman–Crippen LogP) is 2.74. The molecule has 2 rings (SSSR count). The maximum absolute atomic E-state index is 5.83. The van der Waals surface area contributed by atoms with Gasteiger partial charge in [-0.2, -0.15) is 0 Å². The van der Waals surface area contributed by atoms with Crippen molar-refractivity contribution in [2.45, 2.75) is 27.0 Å². The van der Waals surface area contributed by atoms with Crippen LogP contribution in [0.2, 0.25) is 0 Å². The summed E-state index contributed by atoms with van der Waals surface area (Å²) < 4.78 is 5.83. The van der Waals surface area contributed by atoms with E-state index in [4.69, 9.17) is 10.5 Å². The van der Waals surface area contributed by atoms with Crippen LogP contribution >= 0.6 is 0 Å². The van der Waals surface area contributed by atoms with Crippen molar-refractivity contribution in [2.75, 3.05) is 0 Å². The first kappa shape index (κ1) is 12.6. The summed E-state index contributed by atoms with van der Waals surface area (Å²) in [5.74, 6) is 0.878. The topological polar surface area (TPSA) is 48.1 Å². The Hall–Kier alpha value is -1.87. The van der Waals surface area contributed by atoms with E-state index in [1.54, 1.807) is 6.20 Å². The minimum absolute atomic E-state index is 0.488. The third-order valence-corrected chi connectivity index (χ3v) is 2.97. The standard InChI is InChI=1S/C15H18N2O/c1-11-4-3-7-17-14(11)10-18-15-8-13(9-16)6-5-12(15)2/h3-8H,9-10,16H2,1-2H3. The quantitative estimate of drug-likeness (QED) is 0.896. The van der Waals surface area contributed by atoms with Gasteiger partial charge in [0, 0.05) is 12.7 Å². The minimum Gasteiger partial charge on any atom is -0.487 e. The van der Waals surface area contributed by atoms with E-state index in [9.17, 15) is 0 Å². The Morgan fingerprint density at radius 2 is 2.00 bits per heavy atom. The SMILES string of the molecule is Cc1ccc(CN)cc1OCc1ncccc1C. The van der Waals surface area contributed by atoms with Crippen LogP contribution in [0.5, 0.6) is 5.75 Å². The van der Waals surface area contributed by atoms with Crippen LogP contribution in [-0.4, -0.2) is 4.98 Å². The van der Waals surface area contributed by atoms with Crippen LogP contribution in [0, 0.1) is 13.8 Å². The highest BCUT2D eigenvalue weighted by Crippen LogP contribution is 2.20. The van der Waals surface area contributed by atoms with Gasteiger partial charge in [-0.15, -0.1) is 0 Å². The number of rotatable bonds is 4. The van der Waals surface area contributed by atoms with Crippen molar-refractivity contribution in [1.82, 2.24) is 4.98 Å². The summed E-state index contributed by atoms with van der Waals surface area (Å²) in [5, 5.41) is 0. The van der Waals surface area contributed by atoms with Crippen LogP contribution in [0.4, 0.5) is 0 Å². The zero-order valence-corrected chi connectivity index (χ0v) is 10.8. The Balaban J connectivity index is 2.13. The summed E-state index contributed by atoms with van der Waals surface area (Å²) in [6.07, 6.45) is 1.79. The second kappa shape index (κ2) is 5.65. The highest BCUT2D eigenvalue weighted by molar-refractivity contribution is 5.36. The van der Waals surface area contributed by atoms with Crippen LogP contribution in [0.25, 0.3) is 0 Å². The van der Waals surface area contributed by atoms with Gasteiger partial charge in [0.1, 0.15) is 12.4 Å². The number of pyridine rings is 1. The molecular formula is C15H18N2O. The molecule has 0 unspecified atom stereocenters. The van der Waals surface area contributed by atoms with E-state index in [1.165, 1.54) is 0 Å². The van der Waals surface area contributed by atoms with Gasteiger partial charge in [0.25, 0.3) is 0 Å². The van der Waals surface area contributed by atoms with E-state index < -0.39 is 0 Å². The molecule has 0 amide bonds. The van der Waals surface area contributed by atoms with E-state index in [0.717, 1.165) is 28.1 Å². The molecule has 1 aromatic heterocycles. The molecule has 1 heterocycles. The summed E-state index contributed by atoms with van der Waals surface area (Å²) in [5.41, 5.74) is 9.93. The molecule has 0 aliphatic heterocycles. The van der Waals surface area contributed by atoms with Crippen molar-refractivity contribution in [3.05, 3.63) is 58.9 Å². The van der Waals surface area contributed by atoms with Crippen molar-refractivity contribution >= 4 is 0 Å². The average molecular weight is 242 g/mol. The minimum atomic E-state index is 0.488. The normalized spacial score (nSPS) is 10.4. The van der Waals surface area contributed by atoms with E-state index in [0.29, 0.717) is 13.2 Å². The molecule has 0 saturated carbocycles. The average Bonchev–Trinajstić information content (AvgIpc) is 2.39. The first-order valence-electron chi connectivity index (χ1n) is 6.03. The van der Waals surface area contributed by atoms with E-state index in [1.807, 2.05) is 44.2 Å². The summed E-state index contributed by atoms with van der Waals surface area (Å²) in [7, 11) is 0. The van der Waals surface area contributed by atoms with Crippen LogP contribution < -0.4 is 10.5 Å². The molecule has 3 heteroatoms. The van der Waals surface area contributed by atoms with Crippen molar-refractivity contribution in [1.29, 1.82) is 0 Å². The molecule has 2 N–H and O–H groups in total. The van der Waals surface area contributed by atoms with Gasteiger partial charge in [0.05, 0.1) is 5.69 Å². The van der Waals surface area contributed by atoms with Gasteiger partial charge < -0.3 is 10.5 Å². The van der Waals surface area contributed by atoms with Gasteiger partial charge in [0.2, 0.25) is 0 Å². The molecule has 94 valence electrons. The fraction of sp³-hybridized carbons (Fsp3) is 0.267. The Bertz CT molecular complexity index is 538. The number of aromatic nitrogens is 1. The molecule has 3 nitrogen and oxygen atoms in total. The predicted molar refractivity (Wildman–Crippen MR) is 72.4 cm³/mol. The molecule has 0 saturated heterocycles. The Morgan fingerprint density at radius 3 is 2.72 bits per heavy atom. The third-order valence-electron chi connectivity index (χ3n) is 2.97. The van der Waals surface area contributed by atoms with Crippen LogP contribution in [0.15, 0.2) is 36.5 Å². The van der Waals surface area contributed by atoms with Crippen molar-refractivity contribution < 1.29 is 4.74 Å². The third kappa shape index (κ3) is 2.87. The van der Waals surface area contributed by atoms with Gasteiger partial charge in [-0.3, -0.25) is 4.98 Å². The zero-order valence-electron chi connectivity index (χ0n) is 10.8. The number of nitrogens with two attached hydrogens (primary N) is 1. The van der Waals surface area contributed by atoms with Gasteiger partial charge in [-0.25, -0.2) is 0 Å². The molecule has 0 radical (unpaired) electrons. The van der Waals surface area contributed by atoms with Gasteiger partial charge in [-0.1, -0.05) is 18.2 Å². The number of hydrogen-bond donors (Lipinski definition) is 1. The number of aryl methyl sites for hydroxylation is 2. The first-order chi connectivity index (χ1) is 8.70. The molecular weight excluding hydrogens is 224 g/mol. The fourth-order valence-corrected chi connectivity index (χ4v) is 1.74. The number of hydrogen-bond acceptors (Lipinski definition) is 3. The lowest BCUT2D eigenvalue weighted by Gasteiger charge is -2.11. The van der Waals surface area contributed by atoms with E-state index >= 15 is 0 Å². The maximum atomic E-state index is 5.83. The molecule has 0 aliphatic rings. The van der Waals surface area contributed by atoms with Crippen LogP contribution in [0.1, 0.15) is 22.4 Å².